The molecule has 1 radical (unpaired) electrons. The average Bonchev–Trinajstić information content (AvgIpc) is 1.83. The standard InChI is InChI=1S/C9H18N.ClH.Li.Mg/c1-8(2)6-5-7-9(3,4)10-8;;;/h5-7H2,1-4H3;1H;;/q-1;;;+2/p-1. The molecular weight excluding hydrogens is 189 g/mol. The summed E-state index contributed by atoms with van der Waals surface area (Å²) in [5.41, 5.74) is 0.686. The van der Waals surface area contributed by atoms with Crippen molar-refractivity contribution in [3.8, 4) is 0 Å². The molecule has 1 heterocycles. The van der Waals surface area contributed by atoms with E-state index in [2.05, 4.69) is 30.9 Å². The molecule has 1 rings (SSSR count). The summed E-state index contributed by atoms with van der Waals surface area (Å²) in [6, 6.07) is 0. The van der Waals surface area contributed by atoms with E-state index in [9.17, 15) is 0 Å². The van der Waals surface area contributed by atoms with Gasteiger partial charge in [0, 0.05) is 18.9 Å². The van der Waals surface area contributed by atoms with Crippen LogP contribution in [0.2, 0.25) is 0 Å². The SMILES string of the molecule is CC1(C)CCCC(C)(C)[N]1[Mg][Cl].[Li]. The molecule has 4 heteroatoms. The summed E-state index contributed by atoms with van der Waals surface area (Å²) in [4.78, 5) is 0. The van der Waals surface area contributed by atoms with Crippen LogP contribution in [0, 0.1) is 0 Å². The largest absolute Gasteiger partial charge is 0.607 e. The van der Waals surface area contributed by atoms with Crippen LogP contribution in [0.3, 0.4) is 0 Å². The van der Waals surface area contributed by atoms with Crippen molar-refractivity contribution in [3.63, 3.8) is 0 Å². The van der Waals surface area contributed by atoms with E-state index in [1.165, 1.54) is 19.3 Å². The average molecular weight is 207 g/mol. The minimum absolute atomic E-state index is 0. The number of nitrogens with zero attached hydrogens (tertiary/aromatic N) is 1. The Labute approximate surface area is 108 Å². The van der Waals surface area contributed by atoms with Crippen molar-refractivity contribution < 1.29 is 0 Å². The normalized spacial score (nSPS) is 25.9. The third-order valence-corrected chi connectivity index (χ3v) is 5.83. The molecule has 0 unspecified atom stereocenters. The molecule has 0 spiro atoms. The monoisotopic (exact) mass is 206 g/mol. The van der Waals surface area contributed by atoms with Crippen molar-refractivity contribution in [2.45, 2.75) is 58.0 Å². The van der Waals surface area contributed by atoms with Gasteiger partial charge in [0.05, 0.1) is 0 Å². The van der Waals surface area contributed by atoms with Gasteiger partial charge in [0.25, 0.3) is 0 Å². The molecule has 1 saturated heterocycles. The first-order chi connectivity index (χ1) is 5.40. The number of hydrogen-bond acceptors (Lipinski definition) is 1. The molecule has 1 aliphatic rings. The van der Waals surface area contributed by atoms with Crippen LogP contribution in [-0.4, -0.2) is 52.7 Å². The molecule has 0 amide bonds. The minimum Gasteiger partial charge on any atom is -0.414 e. The first-order valence-electron chi connectivity index (χ1n) is 4.74. The fourth-order valence-electron chi connectivity index (χ4n) is 2.37. The molecule has 69 valence electrons. The maximum atomic E-state index is 6.11. The molecule has 0 bridgehead atoms. The second kappa shape index (κ2) is 5.10. The van der Waals surface area contributed by atoms with Gasteiger partial charge in [-0.25, -0.2) is 0 Å². The van der Waals surface area contributed by atoms with E-state index in [1.807, 2.05) is 0 Å². The van der Waals surface area contributed by atoms with E-state index in [-0.39, 0.29) is 18.9 Å². The van der Waals surface area contributed by atoms with Gasteiger partial charge < -0.3 is 12.3 Å². The van der Waals surface area contributed by atoms with Gasteiger partial charge in [-0.3, -0.25) is 0 Å². The van der Waals surface area contributed by atoms with Gasteiger partial charge in [0.1, 0.15) is 0 Å². The molecule has 0 aromatic carbocycles. The Hall–Kier alpha value is 1.61. The fraction of sp³-hybridized carbons (Fsp3) is 1.00. The summed E-state index contributed by atoms with van der Waals surface area (Å²) < 4.78 is 2.55. The van der Waals surface area contributed by atoms with Gasteiger partial charge in [-0.15, -0.1) is 0 Å². The van der Waals surface area contributed by atoms with Crippen LogP contribution in [0.15, 0.2) is 0 Å². The van der Waals surface area contributed by atoms with E-state index < -0.39 is 19.5 Å². The molecule has 0 N–H and O–H groups in total. The predicted molar refractivity (Wildman–Crippen MR) is 61.2 cm³/mol. The summed E-state index contributed by atoms with van der Waals surface area (Å²) in [6.07, 6.45) is 3.95. The Kier molecular flexibility index (Phi) is 5.73. The quantitative estimate of drug-likeness (QED) is 0.596. The summed E-state index contributed by atoms with van der Waals surface area (Å²) in [5, 5.41) is 0. The molecule has 0 aromatic rings. The topological polar surface area (TPSA) is 3.24 Å². The summed E-state index contributed by atoms with van der Waals surface area (Å²) >= 11 is -0.535. The third-order valence-electron chi connectivity index (χ3n) is 3.16. The fourth-order valence-corrected chi connectivity index (χ4v) is 5.27. The van der Waals surface area contributed by atoms with E-state index in [1.54, 1.807) is 0 Å². The van der Waals surface area contributed by atoms with Gasteiger partial charge >= 0.3 is 19.5 Å². The summed E-state index contributed by atoms with van der Waals surface area (Å²) in [5.74, 6) is 0. The number of rotatable bonds is 1. The zero-order valence-electron chi connectivity index (χ0n) is 9.65. The molecule has 0 aliphatic carbocycles. The van der Waals surface area contributed by atoms with Crippen molar-refractivity contribution in [2.24, 2.45) is 0 Å². The van der Waals surface area contributed by atoms with Crippen molar-refractivity contribution in [3.05, 3.63) is 0 Å². The summed E-state index contributed by atoms with van der Waals surface area (Å²) in [7, 11) is 6.11. The number of piperidine rings is 1. The van der Waals surface area contributed by atoms with E-state index in [0.29, 0.717) is 11.1 Å². The van der Waals surface area contributed by atoms with Gasteiger partial charge in [-0.05, 0) is 51.6 Å². The first kappa shape index (κ1) is 14.6. The van der Waals surface area contributed by atoms with Crippen LogP contribution in [0.1, 0.15) is 47.0 Å². The Morgan fingerprint density at radius 2 is 1.46 bits per heavy atom. The molecule has 0 saturated carbocycles. The van der Waals surface area contributed by atoms with Crippen LogP contribution in [-0.2, 0) is 0 Å². The Balaban J connectivity index is 0.00000144. The molecule has 0 aromatic heterocycles. The Bertz CT molecular complexity index is 157. The zero-order valence-corrected chi connectivity index (χ0v) is 11.8. The van der Waals surface area contributed by atoms with Crippen LogP contribution < -0.4 is 0 Å². The molecule has 1 aliphatic heterocycles. The molecule has 1 nitrogen and oxygen atoms in total. The third kappa shape index (κ3) is 3.29. The van der Waals surface area contributed by atoms with Gasteiger partial charge in [-0.1, -0.05) is 6.42 Å². The Morgan fingerprint density at radius 3 is 1.69 bits per heavy atom. The van der Waals surface area contributed by atoms with Crippen molar-refractivity contribution in [1.29, 1.82) is 0 Å². The minimum atomic E-state index is -0.535. The molecule has 0 atom stereocenters. The molecule has 13 heavy (non-hydrogen) atoms. The second-order valence-corrected chi connectivity index (χ2v) is 6.61. The summed E-state index contributed by atoms with van der Waals surface area (Å²) in [6.45, 7) is 9.29. The van der Waals surface area contributed by atoms with Crippen LogP contribution in [0.4, 0.5) is 0 Å². The van der Waals surface area contributed by atoms with Crippen molar-refractivity contribution >= 4 is 47.5 Å². The van der Waals surface area contributed by atoms with Gasteiger partial charge in [-0.2, -0.15) is 0 Å². The number of hydrogen-bond donors (Lipinski definition) is 0. The van der Waals surface area contributed by atoms with Gasteiger partial charge in [0.2, 0.25) is 0 Å². The first-order valence-corrected chi connectivity index (χ1v) is 7.51. The second-order valence-electron chi connectivity index (χ2n) is 5.03. The maximum Gasteiger partial charge on any atom is 0.607 e. The molecular formula is C9H18ClLiMgN. The van der Waals surface area contributed by atoms with Crippen molar-refractivity contribution in [2.75, 3.05) is 0 Å². The van der Waals surface area contributed by atoms with Gasteiger partial charge in [0.15, 0.2) is 0 Å². The number of halogens is 1. The molecule has 1 fully saturated rings. The smallest absolute Gasteiger partial charge is 0.414 e. The van der Waals surface area contributed by atoms with Crippen molar-refractivity contribution in [1.82, 2.24) is 3.22 Å². The van der Waals surface area contributed by atoms with E-state index in [0.717, 1.165) is 0 Å². The van der Waals surface area contributed by atoms with Crippen LogP contribution in [0.5, 0.6) is 0 Å². The zero-order chi connectivity index (χ0) is 9.41. The van der Waals surface area contributed by atoms with Crippen LogP contribution >= 0.6 is 9.07 Å². The van der Waals surface area contributed by atoms with E-state index in [4.69, 9.17) is 9.07 Å². The maximum absolute atomic E-state index is 6.11. The predicted octanol–water partition coefficient (Wildman–Crippen LogP) is 2.42. The Morgan fingerprint density at radius 1 is 1.08 bits per heavy atom. The van der Waals surface area contributed by atoms with E-state index >= 15 is 0 Å². The van der Waals surface area contributed by atoms with Crippen LogP contribution in [0.25, 0.3) is 0 Å².